The molecular weight excluding hydrogens is 268 g/mol. The lowest BCUT2D eigenvalue weighted by molar-refractivity contribution is -0.134. The molecule has 1 aliphatic rings. The summed E-state index contributed by atoms with van der Waals surface area (Å²) in [6.07, 6.45) is 2.78. The quantitative estimate of drug-likeness (QED) is 0.798. The van der Waals surface area contributed by atoms with Gasteiger partial charge in [-0.2, -0.15) is 0 Å². The van der Waals surface area contributed by atoms with Gasteiger partial charge in [0.05, 0.1) is 17.1 Å². The summed E-state index contributed by atoms with van der Waals surface area (Å²) in [6, 6.07) is 0.793. The highest BCUT2D eigenvalue weighted by molar-refractivity contribution is 7.09. The summed E-state index contributed by atoms with van der Waals surface area (Å²) in [5.41, 5.74) is 0.935. The van der Waals surface area contributed by atoms with E-state index >= 15 is 0 Å². The first-order valence-electron chi connectivity index (χ1n) is 7.65. The highest BCUT2D eigenvalue weighted by Gasteiger charge is 2.36. The first-order chi connectivity index (χ1) is 9.40. The third kappa shape index (κ3) is 3.60. The van der Waals surface area contributed by atoms with E-state index < -0.39 is 0 Å². The highest BCUT2D eigenvalue weighted by Crippen LogP contribution is 2.31. The molecule has 0 saturated heterocycles. The molecule has 1 aliphatic carbocycles. The van der Waals surface area contributed by atoms with Gasteiger partial charge < -0.3 is 4.90 Å². The fourth-order valence-corrected chi connectivity index (χ4v) is 3.19. The predicted octanol–water partition coefficient (Wildman–Crippen LogP) is 3.84. The smallest absolute Gasteiger partial charge is 0.229 e. The number of carbonyl (C=O) groups excluding carboxylic acids is 1. The Morgan fingerprint density at radius 2 is 2.00 bits per heavy atom. The Bertz CT molecular complexity index is 463. The molecular formula is C16H26N2OS. The monoisotopic (exact) mass is 294 g/mol. The van der Waals surface area contributed by atoms with Gasteiger partial charge >= 0.3 is 0 Å². The van der Waals surface area contributed by atoms with E-state index in [0.717, 1.165) is 23.5 Å². The largest absolute Gasteiger partial charge is 0.336 e. The van der Waals surface area contributed by atoms with Gasteiger partial charge in [0, 0.05) is 23.4 Å². The molecule has 0 spiro atoms. The number of thiazole rings is 1. The van der Waals surface area contributed by atoms with Gasteiger partial charge in [-0.25, -0.2) is 4.98 Å². The molecule has 4 heteroatoms. The minimum atomic E-state index is 0.245. The summed E-state index contributed by atoms with van der Waals surface area (Å²) < 4.78 is 0. The van der Waals surface area contributed by atoms with Crippen molar-refractivity contribution in [3.63, 3.8) is 0 Å². The summed E-state index contributed by atoms with van der Waals surface area (Å²) in [5, 5.41) is 3.17. The van der Waals surface area contributed by atoms with Crippen molar-refractivity contribution in [1.29, 1.82) is 0 Å². The average Bonchev–Trinajstić information content (AvgIpc) is 3.07. The van der Waals surface area contributed by atoms with E-state index in [-0.39, 0.29) is 5.91 Å². The van der Waals surface area contributed by atoms with Crippen molar-refractivity contribution in [2.24, 2.45) is 5.92 Å². The zero-order chi connectivity index (χ0) is 14.9. The first-order valence-corrected chi connectivity index (χ1v) is 8.53. The van der Waals surface area contributed by atoms with Crippen molar-refractivity contribution in [3.8, 4) is 0 Å². The predicted molar refractivity (Wildman–Crippen MR) is 84.1 cm³/mol. The highest BCUT2D eigenvalue weighted by atomic mass is 32.1. The second-order valence-corrected chi connectivity index (χ2v) is 7.42. The Hall–Kier alpha value is -0.900. The summed E-state index contributed by atoms with van der Waals surface area (Å²) in [6.45, 7) is 10.8. The Balaban J connectivity index is 2.04. The first kappa shape index (κ1) is 15.5. The molecule has 112 valence electrons. The van der Waals surface area contributed by atoms with Crippen LogP contribution in [0.1, 0.15) is 64.1 Å². The minimum Gasteiger partial charge on any atom is -0.336 e. The molecule has 2 rings (SSSR count). The molecule has 3 nitrogen and oxygen atoms in total. The molecule has 1 amide bonds. The van der Waals surface area contributed by atoms with Crippen LogP contribution in [0.5, 0.6) is 0 Å². The topological polar surface area (TPSA) is 33.2 Å². The number of rotatable bonds is 6. The van der Waals surface area contributed by atoms with Crippen LogP contribution in [0.3, 0.4) is 0 Å². The standard InChI is InChI=1S/C16H26N2OS/c1-10(2)12(5)18(14-6-7-14)15(19)8-13-9-20-16(17-13)11(3)4/h9-12,14H,6-8H2,1-5H3. The number of carbonyl (C=O) groups is 1. The SMILES string of the molecule is CC(C)c1nc(CC(=O)N(C2CC2)C(C)C(C)C)cs1. The Morgan fingerprint density at radius 1 is 1.35 bits per heavy atom. The zero-order valence-electron chi connectivity index (χ0n) is 13.2. The van der Waals surface area contributed by atoms with Crippen LogP contribution in [0.25, 0.3) is 0 Å². The van der Waals surface area contributed by atoms with Crippen molar-refractivity contribution in [3.05, 3.63) is 16.1 Å². The molecule has 0 aliphatic heterocycles. The molecule has 0 aromatic carbocycles. The summed E-state index contributed by atoms with van der Waals surface area (Å²) in [5.74, 6) is 1.19. The van der Waals surface area contributed by atoms with Gasteiger partial charge in [0.2, 0.25) is 5.91 Å². The molecule has 1 fully saturated rings. The third-order valence-corrected chi connectivity index (χ3v) is 5.22. The minimum absolute atomic E-state index is 0.245. The molecule has 0 radical (unpaired) electrons. The molecule has 1 aromatic heterocycles. The number of amides is 1. The summed E-state index contributed by atoms with van der Waals surface area (Å²) in [7, 11) is 0. The molecule has 1 atom stereocenters. The third-order valence-electron chi connectivity index (χ3n) is 4.03. The van der Waals surface area contributed by atoms with Crippen molar-refractivity contribution in [2.45, 2.75) is 71.9 Å². The van der Waals surface area contributed by atoms with E-state index in [1.165, 1.54) is 0 Å². The van der Waals surface area contributed by atoms with Gasteiger partial charge in [0.25, 0.3) is 0 Å². The molecule has 1 aromatic rings. The number of hydrogen-bond donors (Lipinski definition) is 0. The van der Waals surface area contributed by atoms with Crippen LogP contribution in [0.2, 0.25) is 0 Å². The van der Waals surface area contributed by atoms with Crippen LogP contribution in [-0.2, 0) is 11.2 Å². The molecule has 0 N–H and O–H groups in total. The second kappa shape index (κ2) is 6.25. The van der Waals surface area contributed by atoms with Crippen molar-refractivity contribution in [1.82, 2.24) is 9.88 Å². The number of hydrogen-bond acceptors (Lipinski definition) is 3. The van der Waals surface area contributed by atoms with E-state index in [2.05, 4.69) is 44.5 Å². The zero-order valence-corrected chi connectivity index (χ0v) is 14.0. The van der Waals surface area contributed by atoms with E-state index in [1.807, 2.05) is 5.38 Å². The maximum Gasteiger partial charge on any atom is 0.229 e. The normalized spacial score (nSPS) is 16.8. The van der Waals surface area contributed by atoms with E-state index in [9.17, 15) is 4.79 Å². The second-order valence-electron chi connectivity index (χ2n) is 6.53. The van der Waals surface area contributed by atoms with E-state index in [4.69, 9.17) is 0 Å². The van der Waals surface area contributed by atoms with Crippen molar-refractivity contribution >= 4 is 17.2 Å². The molecule has 1 saturated carbocycles. The van der Waals surface area contributed by atoms with Crippen LogP contribution in [0.4, 0.5) is 0 Å². The molecule has 1 unspecified atom stereocenters. The van der Waals surface area contributed by atoms with Crippen LogP contribution in [0, 0.1) is 5.92 Å². The van der Waals surface area contributed by atoms with Crippen LogP contribution >= 0.6 is 11.3 Å². The number of aromatic nitrogens is 1. The fourth-order valence-electron chi connectivity index (χ4n) is 2.35. The van der Waals surface area contributed by atoms with Crippen LogP contribution in [-0.4, -0.2) is 27.9 Å². The maximum atomic E-state index is 12.6. The van der Waals surface area contributed by atoms with Gasteiger partial charge in [0.1, 0.15) is 0 Å². The lowest BCUT2D eigenvalue weighted by atomic mass is 10.0. The van der Waals surface area contributed by atoms with Crippen molar-refractivity contribution < 1.29 is 4.79 Å². The maximum absolute atomic E-state index is 12.6. The van der Waals surface area contributed by atoms with Gasteiger partial charge in [0.15, 0.2) is 0 Å². The van der Waals surface area contributed by atoms with Gasteiger partial charge in [-0.3, -0.25) is 4.79 Å². The summed E-state index contributed by atoms with van der Waals surface area (Å²) in [4.78, 5) is 19.3. The van der Waals surface area contributed by atoms with Gasteiger partial charge in [-0.05, 0) is 25.7 Å². The van der Waals surface area contributed by atoms with Gasteiger partial charge in [-0.1, -0.05) is 27.7 Å². The lowest BCUT2D eigenvalue weighted by Gasteiger charge is -2.32. The van der Waals surface area contributed by atoms with Crippen molar-refractivity contribution in [2.75, 3.05) is 0 Å². The van der Waals surface area contributed by atoms with Crippen LogP contribution < -0.4 is 0 Å². The molecule has 20 heavy (non-hydrogen) atoms. The van der Waals surface area contributed by atoms with E-state index in [1.54, 1.807) is 11.3 Å². The fraction of sp³-hybridized carbons (Fsp3) is 0.750. The lowest BCUT2D eigenvalue weighted by Crippen LogP contribution is -2.43. The Morgan fingerprint density at radius 3 is 2.45 bits per heavy atom. The average molecular weight is 294 g/mol. The van der Waals surface area contributed by atoms with Gasteiger partial charge in [-0.15, -0.1) is 11.3 Å². The number of nitrogens with zero attached hydrogens (tertiary/aromatic N) is 2. The van der Waals surface area contributed by atoms with Crippen LogP contribution in [0.15, 0.2) is 5.38 Å². The summed E-state index contributed by atoms with van der Waals surface area (Å²) >= 11 is 1.67. The van der Waals surface area contributed by atoms with E-state index in [0.29, 0.717) is 30.3 Å². The molecule has 0 bridgehead atoms. The molecule has 1 heterocycles. The Labute approximate surface area is 126 Å². The Kier molecular flexibility index (Phi) is 4.84.